The van der Waals surface area contributed by atoms with E-state index in [2.05, 4.69) is 5.32 Å². The highest BCUT2D eigenvalue weighted by molar-refractivity contribution is 6.31. The molecule has 2 bridgehead atoms. The largest absolute Gasteiger partial charge is 0.454 e. The van der Waals surface area contributed by atoms with E-state index in [1.54, 1.807) is 25.1 Å². The van der Waals surface area contributed by atoms with Crippen molar-refractivity contribution in [1.82, 2.24) is 4.90 Å². The van der Waals surface area contributed by atoms with Crippen molar-refractivity contribution in [2.75, 3.05) is 18.5 Å². The van der Waals surface area contributed by atoms with Crippen LogP contribution in [0.2, 0.25) is 5.02 Å². The Morgan fingerprint density at radius 3 is 2.33 bits per heavy atom. The van der Waals surface area contributed by atoms with E-state index in [1.165, 1.54) is 0 Å². The van der Waals surface area contributed by atoms with E-state index in [4.69, 9.17) is 39.5 Å². The van der Waals surface area contributed by atoms with Gasteiger partial charge in [-0.25, -0.2) is 0 Å². The average Bonchev–Trinajstić information content (AvgIpc) is 3.30. The highest BCUT2D eigenvalue weighted by atomic mass is 35.5. The molecule has 0 radical (unpaired) electrons. The quantitative estimate of drug-likeness (QED) is 0.403. The first-order valence-electron chi connectivity index (χ1n) is 9.54. The van der Waals surface area contributed by atoms with Crippen LogP contribution in [0.5, 0.6) is 0 Å². The van der Waals surface area contributed by atoms with Crippen LogP contribution in [-0.4, -0.2) is 52.5 Å². The molecule has 0 aromatic heterocycles. The van der Waals surface area contributed by atoms with Crippen LogP contribution < -0.4 is 5.32 Å². The third kappa shape index (κ3) is 3.57. The first-order chi connectivity index (χ1) is 14.2. The Balaban J connectivity index is 1.32. The van der Waals surface area contributed by atoms with E-state index in [-0.39, 0.29) is 22.6 Å². The minimum atomic E-state index is -0.841. The van der Waals surface area contributed by atoms with Crippen molar-refractivity contribution in [3.05, 3.63) is 28.8 Å². The lowest BCUT2D eigenvalue weighted by Gasteiger charge is -2.28. The highest BCUT2D eigenvalue weighted by Crippen LogP contribution is 2.59. The molecule has 10 heteroatoms. The van der Waals surface area contributed by atoms with E-state index in [1.807, 2.05) is 0 Å². The zero-order valence-corrected chi connectivity index (χ0v) is 18.2. The Kier molecular flexibility index (Phi) is 5.72. The number of rotatable bonds is 5. The molecule has 3 fully saturated rings. The van der Waals surface area contributed by atoms with E-state index < -0.39 is 48.7 Å². The number of carbonyl (C=O) groups is 4. The number of halogens is 3. The van der Waals surface area contributed by atoms with Crippen molar-refractivity contribution in [2.45, 2.75) is 24.1 Å². The van der Waals surface area contributed by atoms with Gasteiger partial charge < -0.3 is 10.1 Å². The van der Waals surface area contributed by atoms with E-state index >= 15 is 0 Å². The summed E-state index contributed by atoms with van der Waals surface area (Å²) in [6.07, 6.45) is 0.649. The fourth-order valence-corrected chi connectivity index (χ4v) is 5.87. The van der Waals surface area contributed by atoms with Gasteiger partial charge in [0.15, 0.2) is 6.61 Å². The van der Waals surface area contributed by atoms with E-state index in [0.29, 0.717) is 17.1 Å². The van der Waals surface area contributed by atoms with Crippen molar-refractivity contribution < 1.29 is 23.9 Å². The third-order valence-electron chi connectivity index (χ3n) is 6.20. The summed E-state index contributed by atoms with van der Waals surface area (Å²) in [5.41, 5.74) is 1.30. The van der Waals surface area contributed by atoms with E-state index in [9.17, 15) is 19.2 Å². The second-order valence-corrected chi connectivity index (χ2v) is 9.38. The van der Waals surface area contributed by atoms with Gasteiger partial charge in [-0.2, -0.15) is 0 Å². The van der Waals surface area contributed by atoms with Crippen molar-refractivity contribution >= 4 is 64.2 Å². The molecule has 1 aromatic carbocycles. The number of esters is 1. The fourth-order valence-electron chi connectivity index (χ4n) is 4.80. The Bertz CT molecular complexity index is 907. The third-order valence-corrected chi connectivity index (χ3v) is 7.76. The maximum absolute atomic E-state index is 12.7. The van der Waals surface area contributed by atoms with Gasteiger partial charge in [0.2, 0.25) is 11.8 Å². The number of fused-ring (bicyclic) bond motifs is 5. The molecule has 6 atom stereocenters. The number of benzene rings is 1. The molecule has 0 spiro atoms. The summed E-state index contributed by atoms with van der Waals surface area (Å²) in [4.78, 5) is 50.6. The lowest BCUT2D eigenvalue weighted by Crippen LogP contribution is -2.38. The summed E-state index contributed by atoms with van der Waals surface area (Å²) in [5, 5.41) is 2.34. The van der Waals surface area contributed by atoms with Gasteiger partial charge in [0, 0.05) is 10.7 Å². The Morgan fingerprint density at radius 1 is 1.13 bits per heavy atom. The van der Waals surface area contributed by atoms with Crippen molar-refractivity contribution in [1.29, 1.82) is 0 Å². The van der Waals surface area contributed by atoms with Crippen LogP contribution in [0.3, 0.4) is 0 Å². The topological polar surface area (TPSA) is 92.8 Å². The van der Waals surface area contributed by atoms with Crippen LogP contribution in [0, 0.1) is 30.6 Å². The first kappa shape index (κ1) is 21.4. The second-order valence-electron chi connectivity index (χ2n) is 7.93. The zero-order valence-electron chi connectivity index (χ0n) is 15.9. The number of hydrogen-bond acceptors (Lipinski definition) is 5. The molecule has 30 heavy (non-hydrogen) atoms. The van der Waals surface area contributed by atoms with Crippen LogP contribution >= 0.6 is 34.8 Å². The molecule has 4 rings (SSSR count). The molecular weight excluding hydrogens is 455 g/mol. The maximum Gasteiger partial charge on any atom is 0.326 e. The number of ether oxygens (including phenoxy) is 1. The van der Waals surface area contributed by atoms with Crippen LogP contribution in [0.4, 0.5) is 5.69 Å². The minimum absolute atomic E-state index is 0.159. The second kappa shape index (κ2) is 8.02. The summed E-state index contributed by atoms with van der Waals surface area (Å²) in [5.74, 6) is -3.60. The van der Waals surface area contributed by atoms with Crippen LogP contribution in [0.25, 0.3) is 0 Å². The molecule has 2 saturated carbocycles. The number of nitrogens with zero attached hydrogens (tertiary/aromatic N) is 1. The molecule has 1 N–H and O–H groups in total. The fraction of sp³-hybridized carbons (Fsp3) is 0.500. The Hall–Kier alpha value is -1.83. The highest BCUT2D eigenvalue weighted by Gasteiger charge is 2.66. The van der Waals surface area contributed by atoms with Crippen LogP contribution in [-0.2, 0) is 23.9 Å². The molecular formula is C20H19Cl3N2O5. The number of aryl methyl sites for hydroxylation is 1. The number of alkyl halides is 2. The van der Waals surface area contributed by atoms with Crippen molar-refractivity contribution in [2.24, 2.45) is 23.7 Å². The first-order valence-corrected chi connectivity index (χ1v) is 10.8. The predicted molar refractivity (Wildman–Crippen MR) is 110 cm³/mol. The molecule has 0 unspecified atom stereocenters. The van der Waals surface area contributed by atoms with E-state index in [0.717, 1.165) is 10.5 Å². The molecule has 1 saturated heterocycles. The van der Waals surface area contributed by atoms with Gasteiger partial charge in [-0.05, 0) is 42.9 Å². The number of likely N-dealkylation sites (tertiary alicyclic amines) is 1. The molecule has 7 nitrogen and oxygen atoms in total. The molecule has 2 aliphatic carbocycles. The molecule has 1 aromatic rings. The van der Waals surface area contributed by atoms with Gasteiger partial charge in [0.25, 0.3) is 5.91 Å². The van der Waals surface area contributed by atoms with Gasteiger partial charge >= 0.3 is 5.97 Å². The number of nitrogens with one attached hydrogen (secondary N) is 1. The monoisotopic (exact) mass is 472 g/mol. The zero-order chi connectivity index (χ0) is 21.7. The number of imide groups is 1. The number of amides is 3. The van der Waals surface area contributed by atoms with Gasteiger partial charge in [0.05, 0.1) is 22.6 Å². The number of hydrogen-bond donors (Lipinski definition) is 1. The summed E-state index contributed by atoms with van der Waals surface area (Å²) < 4.78 is 4.96. The number of carbonyl (C=O) groups excluding carboxylic acids is 4. The standard InChI is InChI=1S/C20H19Cl3N2O5/c1-8-2-3-9(21)4-12(8)24-13(26)7-30-14(27)6-25-19(28)15-10-5-11(16(15)20(25)29)18(23)17(10)22/h2-4,10-11,15-18H,5-7H2,1H3,(H,24,26)/t10-,11-,15-,16+,17+,18+/m1/s1. The molecule has 3 aliphatic rings. The van der Waals surface area contributed by atoms with Crippen LogP contribution in [0.15, 0.2) is 18.2 Å². The summed E-state index contributed by atoms with van der Waals surface area (Å²) >= 11 is 18.5. The summed E-state index contributed by atoms with van der Waals surface area (Å²) in [6.45, 7) is 0.712. The Labute approximate surface area is 188 Å². The van der Waals surface area contributed by atoms with Gasteiger partial charge in [-0.3, -0.25) is 24.1 Å². The minimum Gasteiger partial charge on any atom is -0.454 e. The molecule has 1 heterocycles. The van der Waals surface area contributed by atoms with Crippen molar-refractivity contribution in [3.63, 3.8) is 0 Å². The van der Waals surface area contributed by atoms with Gasteiger partial charge in [-0.1, -0.05) is 17.7 Å². The van der Waals surface area contributed by atoms with Gasteiger partial charge in [0.1, 0.15) is 6.54 Å². The normalized spacial score (nSPS) is 31.8. The summed E-state index contributed by atoms with van der Waals surface area (Å²) in [7, 11) is 0. The van der Waals surface area contributed by atoms with Gasteiger partial charge in [-0.15, -0.1) is 23.2 Å². The average molecular weight is 474 g/mol. The predicted octanol–water partition coefficient (Wildman–Crippen LogP) is 2.60. The smallest absolute Gasteiger partial charge is 0.326 e. The molecule has 1 aliphatic heterocycles. The molecule has 160 valence electrons. The SMILES string of the molecule is Cc1ccc(Cl)cc1NC(=O)COC(=O)CN1C(=O)[C@@H]2[C@H]3C[C@@H]([C@H](Cl)[C@H]3Cl)[C@@H]2C1=O. The summed E-state index contributed by atoms with van der Waals surface area (Å²) in [6, 6.07) is 5.02. The lowest BCUT2D eigenvalue weighted by molar-refractivity contribution is -0.154. The molecule has 3 amide bonds. The van der Waals surface area contributed by atoms with Crippen molar-refractivity contribution in [3.8, 4) is 0 Å². The Morgan fingerprint density at radius 2 is 1.73 bits per heavy atom. The lowest BCUT2D eigenvalue weighted by atomic mass is 9.80. The number of anilines is 1. The maximum atomic E-state index is 12.7. The van der Waals surface area contributed by atoms with Crippen LogP contribution in [0.1, 0.15) is 12.0 Å².